The molecule has 250 valence electrons. The fraction of sp³-hybridized carbons (Fsp3) is 0.368. The molecule has 10 heteroatoms. The van der Waals surface area contributed by atoms with E-state index in [2.05, 4.69) is 55.0 Å². The minimum Gasteiger partial charge on any atom is -0.438 e. The number of aromatic amines is 1. The number of ether oxygens (including phenoxy) is 1. The minimum atomic E-state index is -0.607. The van der Waals surface area contributed by atoms with Gasteiger partial charge in [-0.15, -0.1) is 0 Å². The summed E-state index contributed by atoms with van der Waals surface area (Å²) in [5, 5.41) is 13.3. The van der Waals surface area contributed by atoms with Gasteiger partial charge in [0, 0.05) is 37.9 Å². The molecule has 1 amide bonds. The Hall–Kier alpha value is -4.67. The van der Waals surface area contributed by atoms with Crippen molar-refractivity contribution in [3.05, 3.63) is 107 Å². The van der Waals surface area contributed by atoms with E-state index in [1.807, 2.05) is 31.2 Å². The van der Waals surface area contributed by atoms with Crippen molar-refractivity contribution in [2.45, 2.75) is 51.5 Å². The number of nitrogens with one attached hydrogen (secondary N) is 3. The van der Waals surface area contributed by atoms with Crippen molar-refractivity contribution in [3.8, 4) is 22.8 Å². The van der Waals surface area contributed by atoms with Crippen LogP contribution in [0.25, 0.3) is 11.1 Å². The Labute approximate surface area is 281 Å². The van der Waals surface area contributed by atoms with E-state index >= 15 is 0 Å². The van der Waals surface area contributed by atoms with E-state index < -0.39 is 5.82 Å². The first-order valence-electron chi connectivity index (χ1n) is 16.9. The smallest absolute Gasteiger partial charge is 0.271 e. The highest BCUT2D eigenvalue weighted by Crippen LogP contribution is 2.30. The zero-order chi connectivity index (χ0) is 33.3. The molecule has 2 aromatic heterocycles. The first-order valence-corrected chi connectivity index (χ1v) is 16.9. The summed E-state index contributed by atoms with van der Waals surface area (Å²) >= 11 is 0. The van der Waals surface area contributed by atoms with Crippen LogP contribution >= 0.6 is 0 Å². The molecule has 48 heavy (non-hydrogen) atoms. The Morgan fingerprint density at radius 3 is 2.56 bits per heavy atom. The number of piperazine rings is 1. The van der Waals surface area contributed by atoms with Crippen molar-refractivity contribution < 1.29 is 18.7 Å². The average Bonchev–Trinajstić information content (AvgIpc) is 3.56. The number of hydrogen-bond acceptors (Lipinski definition) is 7. The van der Waals surface area contributed by atoms with E-state index in [0.717, 1.165) is 94.3 Å². The van der Waals surface area contributed by atoms with Gasteiger partial charge in [-0.25, -0.2) is 9.37 Å². The van der Waals surface area contributed by atoms with E-state index in [1.165, 1.54) is 17.7 Å². The maximum atomic E-state index is 14.3. The standard InChI is InChI=1S/C38H43FN6O3/c1-26-22-35(44-43-26)37(47)42-32-14-9-28(10-15-32)11-16-36(46)34-24-31(39)25-41-38(34)48-33-6-2-5-30(23-33)29-12-7-27(8-13-29)4-3-19-45-20-17-40-18-21-45/h2,5-8,11-13,16,22-25,28,32,40H,3-4,9-10,14-15,17-21H2,1H3,(H,42,47)(H,43,44)/b16-11+. The number of allylic oxidation sites excluding steroid dienone is 2. The third-order valence-electron chi connectivity index (χ3n) is 9.13. The summed E-state index contributed by atoms with van der Waals surface area (Å²) in [5.74, 6) is -0.418. The van der Waals surface area contributed by atoms with Gasteiger partial charge in [0.25, 0.3) is 5.91 Å². The molecule has 9 nitrogen and oxygen atoms in total. The van der Waals surface area contributed by atoms with Crippen LogP contribution in [0, 0.1) is 18.7 Å². The van der Waals surface area contributed by atoms with E-state index in [1.54, 1.807) is 12.1 Å². The average molecular weight is 651 g/mol. The second kappa shape index (κ2) is 16.0. The summed E-state index contributed by atoms with van der Waals surface area (Å²) in [5.41, 5.74) is 4.63. The van der Waals surface area contributed by atoms with Gasteiger partial charge < -0.3 is 20.3 Å². The minimum absolute atomic E-state index is 0.0584. The number of ketones is 1. The van der Waals surface area contributed by atoms with Gasteiger partial charge in [-0.3, -0.25) is 14.7 Å². The maximum absolute atomic E-state index is 14.3. The largest absolute Gasteiger partial charge is 0.438 e. The molecule has 3 N–H and O–H groups in total. The number of rotatable bonds is 12. The molecule has 2 aliphatic rings. The van der Waals surface area contributed by atoms with E-state index in [-0.39, 0.29) is 35.1 Å². The number of halogens is 1. The highest BCUT2D eigenvalue weighted by atomic mass is 19.1. The van der Waals surface area contributed by atoms with Gasteiger partial charge in [0.2, 0.25) is 5.88 Å². The summed E-state index contributed by atoms with van der Waals surface area (Å²) in [6, 6.07) is 19.2. The van der Waals surface area contributed by atoms with Crippen LogP contribution < -0.4 is 15.4 Å². The second-order valence-corrected chi connectivity index (χ2v) is 12.8. The third kappa shape index (κ3) is 9.02. The number of benzene rings is 2. The van der Waals surface area contributed by atoms with Gasteiger partial charge in [-0.1, -0.05) is 42.5 Å². The van der Waals surface area contributed by atoms with Gasteiger partial charge in [0.15, 0.2) is 5.78 Å². The van der Waals surface area contributed by atoms with Crippen molar-refractivity contribution in [2.24, 2.45) is 5.92 Å². The van der Waals surface area contributed by atoms with Crippen LogP contribution in [0.5, 0.6) is 11.6 Å². The lowest BCUT2D eigenvalue weighted by Gasteiger charge is -2.27. The van der Waals surface area contributed by atoms with E-state index in [9.17, 15) is 14.0 Å². The van der Waals surface area contributed by atoms with E-state index in [4.69, 9.17) is 4.74 Å². The second-order valence-electron chi connectivity index (χ2n) is 12.8. The SMILES string of the molecule is Cc1cc(C(=O)NC2CCC(/C=C/C(=O)c3cc(F)cnc3Oc3cccc(-c4ccc(CCCN5CCNCC5)cc4)c3)CC2)n[nH]1. The van der Waals surface area contributed by atoms with Gasteiger partial charge in [0.1, 0.15) is 17.3 Å². The lowest BCUT2D eigenvalue weighted by atomic mass is 9.85. The molecule has 1 aliphatic heterocycles. The molecule has 1 saturated heterocycles. The number of carbonyl (C=O) groups is 2. The van der Waals surface area contributed by atoms with Gasteiger partial charge in [0.05, 0.1) is 11.8 Å². The molecule has 2 fully saturated rings. The number of hydrogen-bond donors (Lipinski definition) is 3. The van der Waals surface area contributed by atoms with Crippen LogP contribution in [0.3, 0.4) is 0 Å². The maximum Gasteiger partial charge on any atom is 0.271 e. The third-order valence-corrected chi connectivity index (χ3v) is 9.13. The van der Waals surface area contributed by atoms with E-state index in [0.29, 0.717) is 11.4 Å². The molecule has 1 aliphatic carbocycles. The Kier molecular flexibility index (Phi) is 11.0. The summed E-state index contributed by atoms with van der Waals surface area (Å²) in [6.45, 7) is 7.36. The first-order chi connectivity index (χ1) is 23.4. The highest BCUT2D eigenvalue weighted by molar-refractivity contribution is 6.06. The van der Waals surface area contributed by atoms with Crippen molar-refractivity contribution in [1.82, 2.24) is 30.7 Å². The van der Waals surface area contributed by atoms with Crippen LogP contribution in [-0.2, 0) is 6.42 Å². The number of amides is 1. The predicted octanol–water partition coefficient (Wildman–Crippen LogP) is 6.28. The van der Waals surface area contributed by atoms with Crippen LogP contribution in [0.1, 0.15) is 64.2 Å². The molecule has 3 heterocycles. The summed E-state index contributed by atoms with van der Waals surface area (Å²) in [4.78, 5) is 32.3. The zero-order valence-electron chi connectivity index (χ0n) is 27.4. The Bertz CT molecular complexity index is 1720. The molecule has 2 aromatic carbocycles. The molecule has 0 radical (unpaired) electrons. The molecule has 1 saturated carbocycles. The monoisotopic (exact) mass is 650 g/mol. The quantitative estimate of drug-likeness (QED) is 0.122. The number of H-pyrrole nitrogens is 1. The molecule has 6 rings (SSSR count). The Morgan fingerprint density at radius 1 is 1.02 bits per heavy atom. The molecule has 0 unspecified atom stereocenters. The van der Waals surface area contributed by atoms with Gasteiger partial charge in [-0.05, 0) is 105 Å². The Balaban J connectivity index is 1.03. The number of aryl methyl sites for hydroxylation is 2. The van der Waals surface area contributed by atoms with Gasteiger partial charge in [-0.2, -0.15) is 5.10 Å². The van der Waals surface area contributed by atoms with Crippen molar-refractivity contribution in [2.75, 3.05) is 32.7 Å². The number of nitrogens with zero attached hydrogens (tertiary/aromatic N) is 3. The normalized spacial score (nSPS) is 18.5. The van der Waals surface area contributed by atoms with Crippen LogP contribution in [-0.4, -0.2) is 70.5 Å². The number of carbonyl (C=O) groups excluding carboxylic acids is 2. The van der Waals surface area contributed by atoms with Crippen LogP contribution in [0.15, 0.2) is 79.0 Å². The Morgan fingerprint density at radius 2 is 1.81 bits per heavy atom. The molecule has 0 spiro atoms. The fourth-order valence-electron chi connectivity index (χ4n) is 6.40. The molecule has 0 bridgehead atoms. The lowest BCUT2D eigenvalue weighted by Crippen LogP contribution is -2.43. The first kappa shape index (κ1) is 33.2. The van der Waals surface area contributed by atoms with Crippen LogP contribution in [0.2, 0.25) is 0 Å². The summed E-state index contributed by atoms with van der Waals surface area (Å²) in [7, 11) is 0. The van der Waals surface area contributed by atoms with Crippen molar-refractivity contribution in [1.29, 1.82) is 0 Å². The molecular formula is C38H43FN6O3. The van der Waals surface area contributed by atoms with Gasteiger partial charge >= 0.3 is 0 Å². The molecule has 4 aromatic rings. The summed E-state index contributed by atoms with van der Waals surface area (Å²) in [6.07, 6.45) is 9.84. The van der Waals surface area contributed by atoms with Crippen molar-refractivity contribution >= 4 is 11.7 Å². The van der Waals surface area contributed by atoms with Crippen molar-refractivity contribution in [3.63, 3.8) is 0 Å². The molecular weight excluding hydrogens is 607 g/mol. The predicted molar refractivity (Wildman–Crippen MR) is 184 cm³/mol. The highest BCUT2D eigenvalue weighted by Gasteiger charge is 2.23. The fourth-order valence-corrected chi connectivity index (χ4v) is 6.40. The topological polar surface area (TPSA) is 112 Å². The zero-order valence-corrected chi connectivity index (χ0v) is 27.4. The molecule has 0 atom stereocenters. The lowest BCUT2D eigenvalue weighted by molar-refractivity contribution is 0.0919. The summed E-state index contributed by atoms with van der Waals surface area (Å²) < 4.78 is 20.3. The van der Waals surface area contributed by atoms with Crippen LogP contribution in [0.4, 0.5) is 4.39 Å². The number of pyridine rings is 1. The number of aromatic nitrogens is 3.